The summed E-state index contributed by atoms with van der Waals surface area (Å²) in [4.78, 5) is 27.8. The van der Waals surface area contributed by atoms with Crippen molar-refractivity contribution < 1.29 is 25.0 Å². The lowest BCUT2D eigenvalue weighted by Crippen LogP contribution is -2.32. The number of nitrogens with one attached hydrogen (secondary N) is 1. The molecular weight excluding hydrogens is 376 g/mol. The van der Waals surface area contributed by atoms with Gasteiger partial charge in [-0.3, -0.25) is 30.3 Å². The molecule has 0 saturated heterocycles. The first-order valence-corrected chi connectivity index (χ1v) is 8.72. The van der Waals surface area contributed by atoms with Gasteiger partial charge in [-0.2, -0.15) is 0 Å². The van der Waals surface area contributed by atoms with Crippen LogP contribution in [0.1, 0.15) is 46.5 Å². The number of unbranched alkanes of at least 4 members (excludes halogenated alkanes) is 2. The fraction of sp³-hybridized carbons (Fsp3) is 0.625. The second kappa shape index (κ2) is 12.5. The minimum absolute atomic E-state index is 0.223. The summed E-state index contributed by atoms with van der Waals surface area (Å²) in [5, 5.41) is 52.5. The van der Waals surface area contributed by atoms with Gasteiger partial charge in [0.05, 0.1) is 33.0 Å². The monoisotopic (exact) mass is 402 g/mol. The third-order valence-corrected chi connectivity index (χ3v) is 3.66. The zero-order chi connectivity index (χ0) is 21.9. The molecule has 158 valence electrons. The summed E-state index contributed by atoms with van der Waals surface area (Å²) >= 11 is 0. The number of nitrogens with zero attached hydrogens (tertiary/aromatic N) is 3. The number of benzene rings is 1. The zero-order valence-corrected chi connectivity index (χ0v) is 16.0. The Morgan fingerprint density at radius 1 is 1.00 bits per heavy atom. The molecule has 0 aliphatic carbocycles. The average molecular weight is 402 g/mol. The van der Waals surface area contributed by atoms with Crippen molar-refractivity contribution >= 4 is 17.1 Å². The zero-order valence-electron chi connectivity index (χ0n) is 16.0. The molecule has 12 nitrogen and oxygen atoms in total. The highest BCUT2D eigenvalue weighted by molar-refractivity contribution is 5.64. The summed E-state index contributed by atoms with van der Waals surface area (Å²) in [6.07, 6.45) is 4.90. The second-order valence-corrected chi connectivity index (χ2v) is 6.26. The van der Waals surface area contributed by atoms with E-state index < -0.39 is 37.6 Å². The first-order valence-electron chi connectivity index (χ1n) is 8.72. The van der Waals surface area contributed by atoms with E-state index in [1.54, 1.807) is 0 Å². The summed E-state index contributed by atoms with van der Waals surface area (Å²) in [7, 11) is 0. The maximum atomic E-state index is 10.4. The van der Waals surface area contributed by atoms with Crippen LogP contribution in [0.2, 0.25) is 0 Å². The van der Waals surface area contributed by atoms with Crippen molar-refractivity contribution in [3.8, 4) is 5.75 Å². The molecule has 1 aromatic carbocycles. The van der Waals surface area contributed by atoms with E-state index in [-0.39, 0.29) is 6.10 Å². The third kappa shape index (κ3) is 9.19. The lowest BCUT2D eigenvalue weighted by Gasteiger charge is -2.14. The van der Waals surface area contributed by atoms with E-state index in [2.05, 4.69) is 19.2 Å². The van der Waals surface area contributed by atoms with Crippen molar-refractivity contribution in [2.24, 2.45) is 0 Å². The van der Waals surface area contributed by atoms with Crippen molar-refractivity contribution in [2.75, 3.05) is 6.54 Å². The number of hydrogen-bond donors (Lipinski definition) is 3. The number of hydrogen-bond acceptors (Lipinski definition) is 9. The van der Waals surface area contributed by atoms with E-state index in [1.165, 1.54) is 25.7 Å². The number of phenolic OH excluding ortho intramolecular Hbond substituents is 1. The smallest absolute Gasteiger partial charge is 0.324 e. The van der Waals surface area contributed by atoms with Crippen molar-refractivity contribution in [1.82, 2.24) is 5.32 Å². The van der Waals surface area contributed by atoms with Gasteiger partial charge in [-0.15, -0.1) is 0 Å². The molecule has 2 atom stereocenters. The number of nitro benzene ring substituents is 3. The molecule has 0 fully saturated rings. The minimum Gasteiger partial charge on any atom is -0.497 e. The SMILES string of the molecule is CCCCCC(C)NCC(C)O.O=[N+]([O-])c1cc([N+](=O)[O-])c(O)c([N+](=O)[O-])c1. The highest BCUT2D eigenvalue weighted by atomic mass is 16.6. The van der Waals surface area contributed by atoms with Gasteiger partial charge in [-0.05, 0) is 20.3 Å². The molecule has 1 rings (SSSR count). The van der Waals surface area contributed by atoms with Crippen LogP contribution < -0.4 is 5.32 Å². The molecule has 28 heavy (non-hydrogen) atoms. The maximum absolute atomic E-state index is 10.4. The second-order valence-electron chi connectivity index (χ2n) is 6.26. The standard InChI is InChI=1S/C10H23NO.C6H3N3O7/c1-4-5-6-7-9(2)11-8-10(3)12;10-6-4(8(13)14)1-3(7(11)12)2-5(6)9(15)16/h9-12H,4-8H2,1-3H3;1-2,10H. The Balaban J connectivity index is 0.000000546. The molecule has 1 aromatic rings. The summed E-state index contributed by atoms with van der Waals surface area (Å²) < 4.78 is 0. The molecule has 0 aromatic heterocycles. The predicted octanol–water partition coefficient (Wildman–Crippen LogP) is 3.04. The molecule has 0 heterocycles. The van der Waals surface area contributed by atoms with Crippen LogP contribution in [0.25, 0.3) is 0 Å². The fourth-order valence-corrected chi connectivity index (χ4v) is 2.15. The largest absolute Gasteiger partial charge is 0.497 e. The van der Waals surface area contributed by atoms with Crippen molar-refractivity contribution in [3.05, 3.63) is 42.5 Å². The van der Waals surface area contributed by atoms with Crippen LogP contribution in [-0.4, -0.2) is 43.7 Å². The van der Waals surface area contributed by atoms with Crippen LogP contribution in [0.3, 0.4) is 0 Å². The first kappa shape index (κ1) is 25.1. The molecule has 0 spiro atoms. The quantitative estimate of drug-likeness (QED) is 0.301. The lowest BCUT2D eigenvalue weighted by atomic mass is 10.1. The summed E-state index contributed by atoms with van der Waals surface area (Å²) in [5.41, 5.74) is -3.00. The molecule has 0 aliphatic rings. The van der Waals surface area contributed by atoms with E-state index >= 15 is 0 Å². The number of phenols is 1. The Morgan fingerprint density at radius 3 is 1.86 bits per heavy atom. The number of aromatic hydroxyl groups is 1. The molecule has 2 unspecified atom stereocenters. The number of aliphatic hydroxyl groups is 1. The van der Waals surface area contributed by atoms with E-state index in [1.807, 2.05) is 6.92 Å². The lowest BCUT2D eigenvalue weighted by molar-refractivity contribution is -0.404. The first-order chi connectivity index (χ1) is 13.0. The maximum Gasteiger partial charge on any atom is 0.324 e. The number of aliphatic hydroxyl groups excluding tert-OH is 1. The summed E-state index contributed by atoms with van der Waals surface area (Å²) in [6, 6.07) is 1.44. The van der Waals surface area contributed by atoms with E-state index in [0.717, 1.165) is 0 Å². The Kier molecular flexibility index (Phi) is 11.2. The van der Waals surface area contributed by atoms with Crippen molar-refractivity contribution in [1.29, 1.82) is 0 Å². The van der Waals surface area contributed by atoms with Crippen LogP contribution >= 0.6 is 0 Å². The molecule has 0 amide bonds. The minimum atomic E-state index is -1.21. The van der Waals surface area contributed by atoms with Crippen LogP contribution in [0.4, 0.5) is 17.1 Å². The Morgan fingerprint density at radius 2 is 1.50 bits per heavy atom. The predicted molar refractivity (Wildman–Crippen MR) is 101 cm³/mol. The molecule has 0 bridgehead atoms. The van der Waals surface area contributed by atoms with Gasteiger partial charge in [-0.1, -0.05) is 26.2 Å². The van der Waals surface area contributed by atoms with Crippen LogP contribution in [0, 0.1) is 30.3 Å². The molecule has 0 aliphatic heterocycles. The topological polar surface area (TPSA) is 182 Å². The average Bonchev–Trinajstić information content (AvgIpc) is 2.60. The van der Waals surface area contributed by atoms with Gasteiger partial charge in [0.25, 0.3) is 11.4 Å². The van der Waals surface area contributed by atoms with Crippen LogP contribution in [0.5, 0.6) is 5.75 Å². The normalized spacial score (nSPS) is 12.4. The van der Waals surface area contributed by atoms with E-state index in [0.29, 0.717) is 24.7 Å². The molecular formula is C16H26N4O8. The Bertz CT molecular complexity index is 646. The highest BCUT2D eigenvalue weighted by Crippen LogP contribution is 2.38. The van der Waals surface area contributed by atoms with Crippen molar-refractivity contribution in [3.63, 3.8) is 0 Å². The van der Waals surface area contributed by atoms with Gasteiger partial charge in [-0.25, -0.2) is 0 Å². The third-order valence-electron chi connectivity index (χ3n) is 3.66. The van der Waals surface area contributed by atoms with Gasteiger partial charge >= 0.3 is 11.4 Å². The Labute approximate surface area is 161 Å². The molecule has 12 heteroatoms. The van der Waals surface area contributed by atoms with Gasteiger partial charge < -0.3 is 15.5 Å². The van der Waals surface area contributed by atoms with E-state index in [9.17, 15) is 30.3 Å². The fourth-order valence-electron chi connectivity index (χ4n) is 2.15. The summed E-state index contributed by atoms with van der Waals surface area (Å²) in [6.45, 7) is 6.92. The summed E-state index contributed by atoms with van der Waals surface area (Å²) in [5.74, 6) is -1.21. The van der Waals surface area contributed by atoms with Gasteiger partial charge in [0.2, 0.25) is 0 Å². The Hall–Kier alpha value is -2.86. The molecule has 0 radical (unpaired) electrons. The number of non-ortho nitro benzene ring substituents is 1. The van der Waals surface area contributed by atoms with Gasteiger partial charge in [0.15, 0.2) is 0 Å². The molecule has 3 N–H and O–H groups in total. The number of rotatable bonds is 10. The van der Waals surface area contributed by atoms with Crippen molar-refractivity contribution in [2.45, 2.75) is 58.6 Å². The van der Waals surface area contributed by atoms with Gasteiger partial charge in [0, 0.05) is 12.6 Å². The van der Waals surface area contributed by atoms with Gasteiger partial charge in [0.1, 0.15) is 0 Å². The van der Waals surface area contributed by atoms with Crippen LogP contribution in [-0.2, 0) is 0 Å². The number of nitro groups is 3. The molecule has 0 saturated carbocycles. The van der Waals surface area contributed by atoms with Crippen LogP contribution in [0.15, 0.2) is 12.1 Å². The van der Waals surface area contributed by atoms with E-state index in [4.69, 9.17) is 10.2 Å². The highest BCUT2D eigenvalue weighted by Gasteiger charge is 2.30.